The average molecular weight is 405 g/mol. The number of carbonyl (C=O) groups is 2. The Morgan fingerprint density at radius 3 is 2.36 bits per heavy atom. The van der Waals surface area contributed by atoms with Crippen molar-refractivity contribution in [1.29, 1.82) is 0 Å². The lowest BCUT2D eigenvalue weighted by Crippen LogP contribution is -2.49. The molecular formula is C21H22ClFN2O3. The van der Waals surface area contributed by atoms with Crippen LogP contribution >= 0.6 is 11.6 Å². The average Bonchev–Trinajstić information content (AvgIpc) is 2.70. The second-order valence-electron chi connectivity index (χ2n) is 6.73. The molecule has 0 aromatic heterocycles. The number of nitrogens with zero attached hydrogens (tertiary/aromatic N) is 2. The van der Waals surface area contributed by atoms with Crippen LogP contribution in [0.25, 0.3) is 0 Å². The Balaban J connectivity index is 1.46. The van der Waals surface area contributed by atoms with Crippen LogP contribution in [0.15, 0.2) is 42.5 Å². The van der Waals surface area contributed by atoms with Gasteiger partial charge in [-0.1, -0.05) is 17.7 Å². The van der Waals surface area contributed by atoms with E-state index in [-0.39, 0.29) is 24.1 Å². The van der Waals surface area contributed by atoms with E-state index in [2.05, 4.69) is 4.90 Å². The lowest BCUT2D eigenvalue weighted by Gasteiger charge is -2.34. The van der Waals surface area contributed by atoms with Crippen LogP contribution in [-0.2, 0) is 11.3 Å². The molecule has 5 nitrogen and oxygen atoms in total. The summed E-state index contributed by atoms with van der Waals surface area (Å²) in [6.45, 7) is 4.26. The minimum Gasteiger partial charge on any atom is -0.484 e. The molecule has 0 unspecified atom stereocenters. The Bertz CT molecular complexity index is 829. The quantitative estimate of drug-likeness (QED) is 0.692. The predicted octanol–water partition coefficient (Wildman–Crippen LogP) is 3.40. The highest BCUT2D eigenvalue weighted by Crippen LogP contribution is 2.21. The van der Waals surface area contributed by atoms with Gasteiger partial charge in [0.2, 0.25) is 0 Å². The Kier molecular flexibility index (Phi) is 6.65. The third kappa shape index (κ3) is 5.09. The summed E-state index contributed by atoms with van der Waals surface area (Å²) < 4.78 is 19.5. The van der Waals surface area contributed by atoms with Gasteiger partial charge in [-0.15, -0.1) is 0 Å². The zero-order chi connectivity index (χ0) is 20.1. The van der Waals surface area contributed by atoms with Gasteiger partial charge in [-0.2, -0.15) is 0 Å². The van der Waals surface area contributed by atoms with Crippen molar-refractivity contribution < 1.29 is 18.7 Å². The van der Waals surface area contributed by atoms with E-state index >= 15 is 0 Å². The second kappa shape index (κ2) is 9.17. The molecule has 7 heteroatoms. The molecule has 0 bridgehead atoms. The lowest BCUT2D eigenvalue weighted by molar-refractivity contribution is -0.135. The molecular weight excluding hydrogens is 383 g/mol. The Hall–Kier alpha value is -2.44. The molecule has 148 valence electrons. The smallest absolute Gasteiger partial charge is 0.260 e. The van der Waals surface area contributed by atoms with Gasteiger partial charge in [0.25, 0.3) is 5.91 Å². The molecule has 0 spiro atoms. The number of halogens is 2. The second-order valence-corrected chi connectivity index (χ2v) is 7.13. The number of hydrogen-bond donors (Lipinski definition) is 0. The molecule has 28 heavy (non-hydrogen) atoms. The summed E-state index contributed by atoms with van der Waals surface area (Å²) in [7, 11) is 0. The largest absolute Gasteiger partial charge is 0.484 e. The van der Waals surface area contributed by atoms with E-state index in [0.717, 1.165) is 0 Å². The van der Waals surface area contributed by atoms with Gasteiger partial charge >= 0.3 is 0 Å². The van der Waals surface area contributed by atoms with E-state index in [0.29, 0.717) is 54.6 Å². The van der Waals surface area contributed by atoms with Crippen molar-refractivity contribution in [2.45, 2.75) is 13.5 Å². The van der Waals surface area contributed by atoms with Crippen LogP contribution in [0.2, 0.25) is 5.02 Å². The Labute approximate surface area is 168 Å². The molecule has 1 aliphatic heterocycles. The van der Waals surface area contributed by atoms with E-state index < -0.39 is 0 Å². The van der Waals surface area contributed by atoms with Crippen molar-refractivity contribution in [2.75, 3.05) is 32.8 Å². The van der Waals surface area contributed by atoms with Gasteiger partial charge in [-0.05, 0) is 43.3 Å². The number of ketones is 1. The van der Waals surface area contributed by atoms with Crippen LogP contribution in [0.5, 0.6) is 5.75 Å². The van der Waals surface area contributed by atoms with Gasteiger partial charge in [0.1, 0.15) is 11.6 Å². The fraction of sp³-hybridized carbons (Fsp3) is 0.333. The minimum absolute atomic E-state index is 0.0165. The van der Waals surface area contributed by atoms with E-state index in [4.69, 9.17) is 16.3 Å². The number of piperazine rings is 1. The normalized spacial score (nSPS) is 14.8. The third-order valence-corrected chi connectivity index (χ3v) is 5.15. The maximum absolute atomic E-state index is 13.9. The molecule has 0 saturated carbocycles. The molecule has 3 rings (SSSR count). The summed E-state index contributed by atoms with van der Waals surface area (Å²) in [5.74, 6) is 0.123. The molecule has 1 fully saturated rings. The SMILES string of the molecule is CC(=O)c1ccc(OCC(=O)N2CCN(Cc3c(F)cccc3Cl)CC2)cc1. The first-order valence-electron chi connectivity index (χ1n) is 9.11. The van der Waals surface area contributed by atoms with Crippen molar-refractivity contribution in [1.82, 2.24) is 9.80 Å². The summed E-state index contributed by atoms with van der Waals surface area (Å²) in [6, 6.07) is 11.4. The van der Waals surface area contributed by atoms with E-state index in [1.165, 1.54) is 13.0 Å². The van der Waals surface area contributed by atoms with E-state index in [9.17, 15) is 14.0 Å². The van der Waals surface area contributed by atoms with Crippen molar-refractivity contribution in [3.8, 4) is 5.75 Å². The highest BCUT2D eigenvalue weighted by Gasteiger charge is 2.22. The summed E-state index contributed by atoms with van der Waals surface area (Å²) in [4.78, 5) is 27.5. The predicted molar refractivity (Wildman–Crippen MR) is 105 cm³/mol. The summed E-state index contributed by atoms with van der Waals surface area (Å²) in [6.07, 6.45) is 0. The van der Waals surface area contributed by atoms with Gasteiger partial charge in [-0.3, -0.25) is 14.5 Å². The van der Waals surface area contributed by atoms with Crippen molar-refractivity contribution in [2.24, 2.45) is 0 Å². The summed E-state index contributed by atoms with van der Waals surface area (Å²) in [5.41, 5.74) is 1.09. The lowest BCUT2D eigenvalue weighted by atomic mass is 10.1. The van der Waals surface area contributed by atoms with Crippen LogP contribution in [0.4, 0.5) is 4.39 Å². The van der Waals surface area contributed by atoms with Crippen LogP contribution in [0.3, 0.4) is 0 Å². The monoisotopic (exact) mass is 404 g/mol. The molecule has 2 aromatic carbocycles. The van der Waals surface area contributed by atoms with E-state index in [1.807, 2.05) is 0 Å². The zero-order valence-corrected chi connectivity index (χ0v) is 16.4. The Morgan fingerprint density at radius 1 is 1.07 bits per heavy atom. The number of Topliss-reactive ketones (excluding diaryl/α,β-unsaturated/α-hetero) is 1. The number of rotatable bonds is 6. The van der Waals surface area contributed by atoms with Gasteiger partial charge in [0.05, 0.1) is 0 Å². The fourth-order valence-electron chi connectivity index (χ4n) is 3.08. The van der Waals surface area contributed by atoms with Gasteiger partial charge < -0.3 is 9.64 Å². The molecule has 0 aliphatic carbocycles. The van der Waals surface area contributed by atoms with Crippen molar-refractivity contribution in [3.63, 3.8) is 0 Å². The molecule has 1 saturated heterocycles. The number of hydrogen-bond acceptors (Lipinski definition) is 4. The van der Waals surface area contributed by atoms with Crippen LogP contribution < -0.4 is 4.74 Å². The number of carbonyl (C=O) groups excluding carboxylic acids is 2. The van der Waals surface area contributed by atoms with Crippen molar-refractivity contribution >= 4 is 23.3 Å². The first-order valence-corrected chi connectivity index (χ1v) is 9.48. The molecule has 1 amide bonds. The minimum atomic E-state index is -0.310. The third-order valence-electron chi connectivity index (χ3n) is 4.79. The van der Waals surface area contributed by atoms with Gasteiger partial charge in [0.15, 0.2) is 12.4 Å². The first kappa shape index (κ1) is 20.3. The standard InChI is InChI=1S/C21H22ClFN2O3/c1-15(26)16-5-7-17(8-6-16)28-14-21(27)25-11-9-24(10-12-25)13-18-19(22)3-2-4-20(18)23/h2-8H,9-14H2,1H3. The number of benzene rings is 2. The molecule has 2 aromatic rings. The van der Waals surface area contributed by atoms with Crippen LogP contribution in [-0.4, -0.2) is 54.3 Å². The maximum atomic E-state index is 13.9. The Morgan fingerprint density at radius 2 is 1.75 bits per heavy atom. The maximum Gasteiger partial charge on any atom is 0.260 e. The van der Waals surface area contributed by atoms with Crippen molar-refractivity contribution in [3.05, 3.63) is 64.4 Å². The highest BCUT2D eigenvalue weighted by molar-refractivity contribution is 6.31. The van der Waals surface area contributed by atoms with Crippen LogP contribution in [0, 0.1) is 5.82 Å². The topological polar surface area (TPSA) is 49.9 Å². The molecule has 0 N–H and O–H groups in total. The molecule has 1 aliphatic rings. The fourth-order valence-corrected chi connectivity index (χ4v) is 3.31. The first-order chi connectivity index (χ1) is 13.4. The van der Waals surface area contributed by atoms with Gasteiger partial charge in [0, 0.05) is 48.9 Å². The highest BCUT2D eigenvalue weighted by atomic mass is 35.5. The zero-order valence-electron chi connectivity index (χ0n) is 15.7. The van der Waals surface area contributed by atoms with Crippen LogP contribution in [0.1, 0.15) is 22.8 Å². The van der Waals surface area contributed by atoms with E-state index in [1.54, 1.807) is 41.3 Å². The summed E-state index contributed by atoms with van der Waals surface area (Å²) >= 11 is 6.09. The number of amides is 1. The molecule has 1 heterocycles. The van der Waals surface area contributed by atoms with Gasteiger partial charge in [-0.25, -0.2) is 4.39 Å². The molecule has 0 atom stereocenters. The molecule has 0 radical (unpaired) electrons. The number of ether oxygens (including phenoxy) is 1. The summed E-state index contributed by atoms with van der Waals surface area (Å²) in [5, 5.41) is 0.419.